The molecule has 0 radical (unpaired) electrons. The lowest BCUT2D eigenvalue weighted by atomic mass is 9.98. The van der Waals surface area contributed by atoms with Crippen LogP contribution in [0.15, 0.2) is 47.4 Å². The van der Waals surface area contributed by atoms with Gasteiger partial charge in [0.05, 0.1) is 4.90 Å². The third kappa shape index (κ3) is 2.61. The van der Waals surface area contributed by atoms with Crippen molar-refractivity contribution in [3.05, 3.63) is 53.6 Å². The van der Waals surface area contributed by atoms with Gasteiger partial charge in [0.1, 0.15) is 6.61 Å². The first-order chi connectivity index (χ1) is 10.4. The van der Waals surface area contributed by atoms with Crippen LogP contribution in [0.5, 0.6) is 0 Å². The van der Waals surface area contributed by atoms with Gasteiger partial charge in [-0.2, -0.15) is 8.42 Å². The van der Waals surface area contributed by atoms with E-state index in [4.69, 9.17) is 16.3 Å². The van der Waals surface area contributed by atoms with Crippen molar-refractivity contribution in [1.29, 1.82) is 0 Å². The minimum Gasteiger partial charge on any atom is -0.453 e. The van der Waals surface area contributed by atoms with Gasteiger partial charge in [-0.05, 0) is 34.4 Å². The first-order valence-electron chi connectivity index (χ1n) is 6.41. The van der Waals surface area contributed by atoms with E-state index in [9.17, 15) is 17.8 Å². The summed E-state index contributed by atoms with van der Waals surface area (Å²) in [6.07, 6.45) is 0. The molecular formula is C15H11ClO5S. The van der Waals surface area contributed by atoms with Crippen LogP contribution in [0.25, 0.3) is 11.1 Å². The number of carbonyl (C=O) groups excluding carboxylic acids is 1. The Balaban J connectivity index is 2.14. The smallest absolute Gasteiger partial charge is 0.403 e. The average Bonchev–Trinajstić information content (AvgIpc) is 2.77. The molecule has 0 saturated heterocycles. The number of carbonyl (C=O) groups is 1. The van der Waals surface area contributed by atoms with E-state index in [-0.39, 0.29) is 17.4 Å². The Kier molecular flexibility index (Phi) is 3.68. The van der Waals surface area contributed by atoms with Crippen molar-refractivity contribution in [3.8, 4) is 11.1 Å². The van der Waals surface area contributed by atoms with E-state index in [1.807, 2.05) is 24.3 Å². The summed E-state index contributed by atoms with van der Waals surface area (Å²) in [7, 11) is -4.30. The fourth-order valence-corrected chi connectivity index (χ4v) is 3.36. The number of halogens is 1. The van der Waals surface area contributed by atoms with Gasteiger partial charge in [-0.25, -0.2) is 4.79 Å². The lowest BCUT2D eigenvalue weighted by Crippen LogP contribution is -2.09. The van der Waals surface area contributed by atoms with Crippen LogP contribution in [-0.4, -0.2) is 25.0 Å². The van der Waals surface area contributed by atoms with Gasteiger partial charge in [-0.15, -0.1) is 0 Å². The highest BCUT2D eigenvalue weighted by Gasteiger charge is 2.30. The third-order valence-electron chi connectivity index (χ3n) is 3.69. The van der Waals surface area contributed by atoms with Crippen LogP contribution in [0.4, 0.5) is 4.79 Å². The van der Waals surface area contributed by atoms with Crippen molar-refractivity contribution in [2.24, 2.45) is 0 Å². The van der Waals surface area contributed by atoms with E-state index in [2.05, 4.69) is 0 Å². The molecule has 1 unspecified atom stereocenters. The Hall–Kier alpha value is -1.89. The Bertz CT molecular complexity index is 860. The van der Waals surface area contributed by atoms with Gasteiger partial charge < -0.3 is 4.74 Å². The summed E-state index contributed by atoms with van der Waals surface area (Å²) in [6.45, 7) is 0.00127. The Morgan fingerprint density at radius 1 is 1.14 bits per heavy atom. The molecule has 22 heavy (non-hydrogen) atoms. The molecule has 0 spiro atoms. The molecule has 2 aromatic rings. The summed E-state index contributed by atoms with van der Waals surface area (Å²) in [5, 5.41) is 0. The van der Waals surface area contributed by atoms with E-state index in [0.29, 0.717) is 5.56 Å². The van der Waals surface area contributed by atoms with Crippen molar-refractivity contribution < 1.29 is 22.5 Å². The minimum absolute atomic E-state index is 0.00127. The minimum atomic E-state index is -4.30. The number of benzene rings is 2. The lowest BCUT2D eigenvalue weighted by Gasteiger charge is -2.13. The first-order valence-corrected chi connectivity index (χ1v) is 8.22. The monoisotopic (exact) mass is 338 g/mol. The highest BCUT2D eigenvalue weighted by Crippen LogP contribution is 2.45. The van der Waals surface area contributed by atoms with Crippen LogP contribution >= 0.6 is 11.6 Å². The van der Waals surface area contributed by atoms with Crippen LogP contribution in [-0.2, 0) is 14.9 Å². The van der Waals surface area contributed by atoms with E-state index < -0.39 is 15.5 Å². The Labute approximate surface area is 132 Å². The van der Waals surface area contributed by atoms with E-state index >= 15 is 0 Å². The van der Waals surface area contributed by atoms with E-state index in [1.165, 1.54) is 12.1 Å². The second-order valence-electron chi connectivity index (χ2n) is 4.91. The van der Waals surface area contributed by atoms with Crippen molar-refractivity contribution >= 4 is 27.1 Å². The van der Waals surface area contributed by atoms with Crippen molar-refractivity contribution in [2.45, 2.75) is 10.8 Å². The van der Waals surface area contributed by atoms with Gasteiger partial charge >= 0.3 is 5.43 Å². The van der Waals surface area contributed by atoms with Crippen LogP contribution in [0.2, 0.25) is 0 Å². The van der Waals surface area contributed by atoms with Crippen LogP contribution in [0.3, 0.4) is 0 Å². The molecule has 0 saturated carbocycles. The van der Waals surface area contributed by atoms with Crippen LogP contribution in [0, 0.1) is 0 Å². The standard InChI is InChI=1S/C15H11ClO5S/c16-15(17)21-8-14-11-4-2-1-3-10(11)12-6-5-9(7-13(12)14)22(18,19)20/h1-7,14H,8H2,(H,18,19,20). The molecule has 0 amide bonds. The van der Waals surface area contributed by atoms with Gasteiger partial charge in [0.25, 0.3) is 10.1 Å². The van der Waals surface area contributed by atoms with Gasteiger partial charge in [0, 0.05) is 17.5 Å². The zero-order valence-corrected chi connectivity index (χ0v) is 12.8. The SMILES string of the molecule is O=C(Cl)OCC1c2ccccc2-c2ccc(S(=O)(=O)O)cc21. The molecule has 0 heterocycles. The average molecular weight is 339 g/mol. The molecule has 2 aromatic carbocycles. The first kappa shape index (κ1) is 15.0. The van der Waals surface area contributed by atoms with Crippen molar-refractivity contribution in [3.63, 3.8) is 0 Å². The Morgan fingerprint density at radius 2 is 1.82 bits per heavy atom. The van der Waals surface area contributed by atoms with Crippen LogP contribution in [0.1, 0.15) is 17.0 Å². The fourth-order valence-electron chi connectivity index (χ4n) is 2.78. The normalized spacial score (nSPS) is 16.0. The zero-order valence-electron chi connectivity index (χ0n) is 11.2. The van der Waals surface area contributed by atoms with Gasteiger partial charge in [-0.3, -0.25) is 4.55 Å². The fraction of sp³-hybridized carbons (Fsp3) is 0.133. The molecule has 0 aliphatic heterocycles. The molecule has 1 N–H and O–H groups in total. The summed E-state index contributed by atoms with van der Waals surface area (Å²) in [6, 6.07) is 11.9. The molecule has 1 atom stereocenters. The molecule has 0 aromatic heterocycles. The van der Waals surface area contributed by atoms with Crippen molar-refractivity contribution in [2.75, 3.05) is 6.61 Å². The topological polar surface area (TPSA) is 80.7 Å². The maximum Gasteiger partial charge on any atom is 0.403 e. The lowest BCUT2D eigenvalue weighted by molar-refractivity contribution is 0.170. The summed E-state index contributed by atoms with van der Waals surface area (Å²) in [4.78, 5) is 10.7. The zero-order chi connectivity index (χ0) is 15.9. The molecule has 1 aliphatic carbocycles. The number of fused-ring (bicyclic) bond motifs is 3. The molecular weight excluding hydrogens is 328 g/mol. The molecule has 3 rings (SSSR count). The summed E-state index contributed by atoms with van der Waals surface area (Å²) in [5.41, 5.74) is 2.46. The molecule has 114 valence electrons. The second kappa shape index (κ2) is 5.39. The number of rotatable bonds is 3. The van der Waals surface area contributed by atoms with Crippen molar-refractivity contribution in [1.82, 2.24) is 0 Å². The molecule has 7 heteroatoms. The molecule has 0 bridgehead atoms. The highest BCUT2D eigenvalue weighted by molar-refractivity contribution is 7.85. The number of hydrogen-bond acceptors (Lipinski definition) is 4. The second-order valence-corrected chi connectivity index (χ2v) is 6.64. The highest BCUT2D eigenvalue weighted by atomic mass is 35.5. The third-order valence-corrected chi connectivity index (χ3v) is 4.64. The van der Waals surface area contributed by atoms with E-state index in [0.717, 1.165) is 16.7 Å². The molecule has 0 fully saturated rings. The van der Waals surface area contributed by atoms with Gasteiger partial charge in [0.2, 0.25) is 0 Å². The predicted octanol–water partition coefficient (Wildman–Crippen LogP) is 3.42. The van der Waals surface area contributed by atoms with Gasteiger partial charge in [0.15, 0.2) is 0 Å². The summed E-state index contributed by atoms with van der Waals surface area (Å²) >= 11 is 5.22. The van der Waals surface area contributed by atoms with Crippen LogP contribution < -0.4 is 0 Å². The largest absolute Gasteiger partial charge is 0.453 e. The quantitative estimate of drug-likeness (QED) is 0.685. The number of ether oxygens (including phenoxy) is 1. The Morgan fingerprint density at radius 3 is 2.50 bits per heavy atom. The van der Waals surface area contributed by atoms with Gasteiger partial charge in [-0.1, -0.05) is 30.3 Å². The molecule has 1 aliphatic rings. The maximum absolute atomic E-state index is 11.3. The summed E-state index contributed by atoms with van der Waals surface area (Å²) in [5.74, 6) is -0.324. The predicted molar refractivity (Wildman–Crippen MR) is 80.7 cm³/mol. The van der Waals surface area contributed by atoms with E-state index in [1.54, 1.807) is 6.07 Å². The summed E-state index contributed by atoms with van der Waals surface area (Å²) < 4.78 is 36.7. The number of hydrogen-bond donors (Lipinski definition) is 1. The molecule has 5 nitrogen and oxygen atoms in total. The maximum atomic E-state index is 11.3.